The highest BCUT2D eigenvalue weighted by atomic mass is 32.1. The van der Waals surface area contributed by atoms with Crippen LogP contribution in [-0.2, 0) is 0 Å². The standard InChI is InChI=1S/C54H32N2S2/c1-2-14-35-30-36(27-26-33(35)12-1)47-31-37(39-19-9-15-34-13-3-4-16-38(34)39)28-29-44(47)54-55-48(45-22-10-20-42-40-17-5-7-24-50(40)57-52(42)45)32-49(56-54)46-23-11-21-43-41-18-6-8-25-51(41)58-53(43)46/h1-32H. The number of fused-ring (bicyclic) bond motifs is 8. The van der Waals surface area contributed by atoms with Gasteiger partial charge in [-0.05, 0) is 80.2 Å². The molecule has 12 rings (SSSR count). The first-order valence-electron chi connectivity index (χ1n) is 19.6. The molecule has 0 bridgehead atoms. The molecule has 270 valence electrons. The van der Waals surface area contributed by atoms with Crippen LogP contribution in [-0.4, -0.2) is 9.97 Å². The summed E-state index contributed by atoms with van der Waals surface area (Å²) in [6, 6.07) is 70.3. The lowest BCUT2D eigenvalue weighted by molar-refractivity contribution is 1.19. The fourth-order valence-corrected chi connectivity index (χ4v) is 11.2. The predicted molar refractivity (Wildman–Crippen MR) is 250 cm³/mol. The molecule has 2 nitrogen and oxygen atoms in total. The summed E-state index contributed by atoms with van der Waals surface area (Å²) >= 11 is 3.67. The molecule has 3 heterocycles. The number of nitrogens with zero attached hydrogens (tertiary/aromatic N) is 2. The quantitative estimate of drug-likeness (QED) is 0.174. The summed E-state index contributed by atoms with van der Waals surface area (Å²) in [4.78, 5) is 11.1. The number of aromatic nitrogens is 2. The minimum absolute atomic E-state index is 0.705. The van der Waals surface area contributed by atoms with Gasteiger partial charge in [-0.1, -0.05) is 158 Å². The molecule has 0 aliphatic heterocycles. The maximum Gasteiger partial charge on any atom is 0.161 e. The van der Waals surface area contributed by atoms with Gasteiger partial charge in [-0.3, -0.25) is 0 Å². The smallest absolute Gasteiger partial charge is 0.161 e. The van der Waals surface area contributed by atoms with E-state index in [4.69, 9.17) is 9.97 Å². The van der Waals surface area contributed by atoms with Crippen LogP contribution in [0.2, 0.25) is 0 Å². The molecule has 58 heavy (non-hydrogen) atoms. The molecule has 0 saturated heterocycles. The van der Waals surface area contributed by atoms with Gasteiger partial charge in [-0.15, -0.1) is 22.7 Å². The molecule has 0 spiro atoms. The summed E-state index contributed by atoms with van der Waals surface area (Å²) in [6.45, 7) is 0. The third kappa shape index (κ3) is 5.37. The summed E-state index contributed by atoms with van der Waals surface area (Å²) in [6.07, 6.45) is 0. The van der Waals surface area contributed by atoms with Crippen molar-refractivity contribution >= 4 is 84.6 Å². The molecule has 0 aliphatic rings. The van der Waals surface area contributed by atoms with Gasteiger partial charge in [0.15, 0.2) is 5.82 Å². The van der Waals surface area contributed by atoms with E-state index in [1.165, 1.54) is 67.5 Å². The van der Waals surface area contributed by atoms with Gasteiger partial charge in [0.1, 0.15) is 0 Å². The zero-order valence-electron chi connectivity index (χ0n) is 31.2. The lowest BCUT2D eigenvalue weighted by atomic mass is 9.91. The molecule has 0 aliphatic carbocycles. The molecule has 0 saturated carbocycles. The number of hydrogen-bond acceptors (Lipinski definition) is 4. The van der Waals surface area contributed by atoms with Crippen molar-refractivity contribution < 1.29 is 0 Å². The summed E-state index contributed by atoms with van der Waals surface area (Å²) < 4.78 is 5.02. The van der Waals surface area contributed by atoms with Crippen LogP contribution < -0.4 is 0 Å². The molecule has 0 unspecified atom stereocenters. The van der Waals surface area contributed by atoms with E-state index >= 15 is 0 Å². The van der Waals surface area contributed by atoms with Gasteiger partial charge in [0.05, 0.1) is 11.4 Å². The van der Waals surface area contributed by atoms with E-state index in [0.717, 1.165) is 44.8 Å². The van der Waals surface area contributed by atoms with Crippen molar-refractivity contribution in [1.29, 1.82) is 0 Å². The second-order valence-corrected chi connectivity index (χ2v) is 17.0. The van der Waals surface area contributed by atoms with Gasteiger partial charge < -0.3 is 0 Å². The molecule has 4 heteroatoms. The van der Waals surface area contributed by atoms with Crippen LogP contribution in [0.25, 0.3) is 118 Å². The van der Waals surface area contributed by atoms with Gasteiger partial charge in [-0.25, -0.2) is 9.97 Å². The van der Waals surface area contributed by atoms with Crippen LogP contribution in [0.4, 0.5) is 0 Å². The minimum atomic E-state index is 0.705. The first kappa shape index (κ1) is 33.2. The SMILES string of the molecule is c1ccc2cc(-c3cc(-c4cccc5ccccc45)ccc3-c3nc(-c4cccc5c4sc4ccccc45)cc(-c4cccc5c4sc4ccccc45)n3)ccc2c1. The van der Waals surface area contributed by atoms with Crippen LogP contribution in [0.15, 0.2) is 194 Å². The van der Waals surface area contributed by atoms with E-state index in [9.17, 15) is 0 Å². The average molecular weight is 773 g/mol. The number of hydrogen-bond donors (Lipinski definition) is 0. The molecule has 0 atom stereocenters. The van der Waals surface area contributed by atoms with Gasteiger partial charge in [0.25, 0.3) is 0 Å². The lowest BCUT2D eigenvalue weighted by Crippen LogP contribution is -1.98. The molecule has 0 N–H and O–H groups in total. The van der Waals surface area contributed by atoms with Gasteiger partial charge >= 0.3 is 0 Å². The van der Waals surface area contributed by atoms with Crippen molar-refractivity contribution in [2.24, 2.45) is 0 Å². The topological polar surface area (TPSA) is 25.8 Å². The molecule has 12 aromatic rings. The van der Waals surface area contributed by atoms with E-state index in [1.54, 1.807) is 0 Å². The first-order valence-corrected chi connectivity index (χ1v) is 21.2. The zero-order valence-corrected chi connectivity index (χ0v) is 32.8. The number of thiophene rings is 2. The van der Waals surface area contributed by atoms with Crippen LogP contribution in [0.3, 0.4) is 0 Å². The summed E-state index contributed by atoms with van der Waals surface area (Å²) in [5, 5.41) is 9.92. The molecule has 3 aromatic heterocycles. The van der Waals surface area contributed by atoms with Gasteiger partial charge in [0, 0.05) is 57.0 Å². The van der Waals surface area contributed by atoms with Crippen molar-refractivity contribution in [3.05, 3.63) is 194 Å². The third-order valence-electron chi connectivity index (χ3n) is 11.5. The fourth-order valence-electron chi connectivity index (χ4n) is 8.72. The Morgan fingerprint density at radius 3 is 1.48 bits per heavy atom. The first-order chi connectivity index (χ1) is 28.7. The second kappa shape index (κ2) is 13.3. The van der Waals surface area contributed by atoms with E-state index in [1.807, 2.05) is 22.7 Å². The normalized spacial score (nSPS) is 11.8. The van der Waals surface area contributed by atoms with Crippen LogP contribution >= 0.6 is 22.7 Å². The average Bonchev–Trinajstić information content (AvgIpc) is 3.87. The molecular formula is C54H32N2S2. The molecular weight excluding hydrogens is 741 g/mol. The molecule has 0 fully saturated rings. The second-order valence-electron chi connectivity index (χ2n) is 14.9. The predicted octanol–water partition coefficient (Wildman–Crippen LogP) is 15.9. The summed E-state index contributed by atoms with van der Waals surface area (Å²) in [5.74, 6) is 0.705. The monoisotopic (exact) mass is 772 g/mol. The van der Waals surface area contributed by atoms with Crippen molar-refractivity contribution in [2.75, 3.05) is 0 Å². The summed E-state index contributed by atoms with van der Waals surface area (Å²) in [5.41, 5.74) is 9.65. The van der Waals surface area contributed by atoms with Crippen molar-refractivity contribution in [1.82, 2.24) is 9.97 Å². The highest BCUT2D eigenvalue weighted by Gasteiger charge is 2.20. The van der Waals surface area contributed by atoms with Crippen molar-refractivity contribution in [2.45, 2.75) is 0 Å². The van der Waals surface area contributed by atoms with E-state index in [2.05, 4.69) is 194 Å². The Bertz CT molecular complexity index is 3460. The highest BCUT2D eigenvalue weighted by molar-refractivity contribution is 7.26. The summed E-state index contributed by atoms with van der Waals surface area (Å²) in [7, 11) is 0. The molecule has 0 amide bonds. The van der Waals surface area contributed by atoms with Gasteiger partial charge in [-0.2, -0.15) is 0 Å². The van der Waals surface area contributed by atoms with Crippen molar-refractivity contribution in [3.8, 4) is 56.2 Å². The van der Waals surface area contributed by atoms with Crippen LogP contribution in [0.1, 0.15) is 0 Å². The lowest BCUT2D eigenvalue weighted by Gasteiger charge is -2.16. The maximum absolute atomic E-state index is 5.54. The van der Waals surface area contributed by atoms with E-state index in [0.29, 0.717) is 5.82 Å². The zero-order chi connectivity index (χ0) is 38.2. The molecule has 9 aromatic carbocycles. The Hall–Kier alpha value is -6.98. The Labute approximate surface area is 343 Å². The minimum Gasteiger partial charge on any atom is -0.228 e. The van der Waals surface area contributed by atoms with Crippen LogP contribution in [0.5, 0.6) is 0 Å². The Morgan fingerprint density at radius 1 is 0.293 bits per heavy atom. The Morgan fingerprint density at radius 2 is 0.793 bits per heavy atom. The maximum atomic E-state index is 5.54. The number of benzene rings is 9. The van der Waals surface area contributed by atoms with E-state index < -0.39 is 0 Å². The Kier molecular flexibility index (Phi) is 7.62. The molecule has 0 radical (unpaired) electrons. The third-order valence-corrected chi connectivity index (χ3v) is 13.9. The fraction of sp³-hybridized carbons (Fsp3) is 0. The largest absolute Gasteiger partial charge is 0.228 e. The van der Waals surface area contributed by atoms with Crippen LogP contribution in [0, 0.1) is 0 Å². The number of rotatable bonds is 5. The van der Waals surface area contributed by atoms with E-state index in [-0.39, 0.29) is 0 Å². The highest BCUT2D eigenvalue weighted by Crippen LogP contribution is 2.44. The van der Waals surface area contributed by atoms with Gasteiger partial charge in [0.2, 0.25) is 0 Å². The Balaban J connectivity index is 1.15. The van der Waals surface area contributed by atoms with Crippen molar-refractivity contribution in [3.63, 3.8) is 0 Å².